The molecule has 0 bridgehead atoms. The van der Waals surface area contributed by atoms with Gasteiger partial charge in [0.1, 0.15) is 41.3 Å². The molecule has 12 heteroatoms. The molecule has 204 valence electrons. The van der Waals surface area contributed by atoms with Gasteiger partial charge in [0.25, 0.3) is 0 Å². The van der Waals surface area contributed by atoms with Crippen LogP contribution in [0.15, 0.2) is 45.1 Å². The van der Waals surface area contributed by atoms with Gasteiger partial charge in [0.2, 0.25) is 6.29 Å². The van der Waals surface area contributed by atoms with Crippen LogP contribution in [0.2, 0.25) is 0 Å². The van der Waals surface area contributed by atoms with E-state index in [2.05, 4.69) is 0 Å². The first-order valence-electron chi connectivity index (χ1n) is 11.8. The quantitative estimate of drug-likeness (QED) is 0.182. The molecular weight excluding hydrogens is 492 g/mol. The van der Waals surface area contributed by atoms with Gasteiger partial charge in [0, 0.05) is 17.5 Å². The second-order valence-electron chi connectivity index (χ2n) is 9.55. The Balaban J connectivity index is 1.69. The van der Waals surface area contributed by atoms with Crippen molar-refractivity contribution in [3.05, 3.63) is 51.9 Å². The lowest BCUT2D eigenvalue weighted by Gasteiger charge is -2.42. The van der Waals surface area contributed by atoms with E-state index in [1.165, 1.54) is 12.1 Å². The second kappa shape index (κ2) is 11.2. The molecule has 3 heterocycles. The Morgan fingerprint density at radius 3 is 2.54 bits per heavy atom. The molecule has 37 heavy (non-hydrogen) atoms. The zero-order valence-electron chi connectivity index (χ0n) is 20.4. The standard InChI is InChI=1S/C25H32O12/c1-12(2)3-4-13-7-14-5-6-18(28)34-15(14)8-16(13)35-23-21(20(30)19(29)17(9-26)36-23)37-24-22(31)25(32,10-27)11-33-24/h3,5-8,17,19-24,26-27,29-32H,4,9-11H2,1-2H3/t17-,19-,20+,21-,22+,23-,24+,25-/m1/s1. The van der Waals surface area contributed by atoms with Crippen LogP contribution in [-0.4, -0.2) is 99.2 Å². The van der Waals surface area contributed by atoms with Crippen LogP contribution in [0.5, 0.6) is 5.75 Å². The summed E-state index contributed by atoms with van der Waals surface area (Å²) in [7, 11) is 0. The van der Waals surface area contributed by atoms with Gasteiger partial charge in [-0.15, -0.1) is 0 Å². The highest BCUT2D eigenvalue weighted by molar-refractivity contribution is 5.79. The topological polar surface area (TPSA) is 189 Å². The summed E-state index contributed by atoms with van der Waals surface area (Å²) >= 11 is 0. The SMILES string of the molecule is CC(C)=CCc1cc2ccc(=O)oc2cc1O[C@@H]1O[C@H](CO)[C@@H](O)[C@H](O)[C@H]1O[C@@H]1OC[C@](O)(CO)[C@H]1O. The second-order valence-corrected chi connectivity index (χ2v) is 9.55. The number of rotatable bonds is 8. The van der Waals surface area contributed by atoms with Gasteiger partial charge in [0.15, 0.2) is 12.4 Å². The van der Waals surface area contributed by atoms with Crippen molar-refractivity contribution in [1.82, 2.24) is 0 Å². The fourth-order valence-corrected chi connectivity index (χ4v) is 4.21. The van der Waals surface area contributed by atoms with Crippen LogP contribution in [0.1, 0.15) is 19.4 Å². The molecule has 4 rings (SSSR count). The number of hydrogen-bond donors (Lipinski definition) is 6. The first kappa shape index (κ1) is 27.6. The van der Waals surface area contributed by atoms with Crippen molar-refractivity contribution >= 4 is 11.0 Å². The van der Waals surface area contributed by atoms with Gasteiger partial charge in [-0.3, -0.25) is 0 Å². The van der Waals surface area contributed by atoms with Gasteiger partial charge < -0.3 is 54.0 Å². The zero-order valence-corrected chi connectivity index (χ0v) is 20.4. The van der Waals surface area contributed by atoms with Crippen LogP contribution >= 0.6 is 0 Å². The summed E-state index contributed by atoms with van der Waals surface area (Å²) in [6.07, 6.45) is -8.15. The van der Waals surface area contributed by atoms with Gasteiger partial charge in [-0.1, -0.05) is 11.6 Å². The predicted octanol–water partition coefficient (Wildman–Crippen LogP) is -1.05. The molecule has 12 nitrogen and oxygen atoms in total. The van der Waals surface area contributed by atoms with Crippen molar-refractivity contribution in [2.45, 2.75) is 69.0 Å². The summed E-state index contributed by atoms with van der Waals surface area (Å²) < 4.78 is 28.0. The normalized spacial score (nSPS) is 34.0. The molecule has 6 N–H and O–H groups in total. The Bertz CT molecular complexity index is 1170. The van der Waals surface area contributed by atoms with E-state index < -0.39 is 74.1 Å². The van der Waals surface area contributed by atoms with Crippen LogP contribution in [0.25, 0.3) is 11.0 Å². The average molecular weight is 525 g/mol. The fourth-order valence-electron chi connectivity index (χ4n) is 4.21. The van der Waals surface area contributed by atoms with Gasteiger partial charge in [-0.2, -0.15) is 0 Å². The van der Waals surface area contributed by atoms with E-state index in [4.69, 9.17) is 23.4 Å². The van der Waals surface area contributed by atoms with Crippen molar-refractivity contribution in [3.8, 4) is 5.75 Å². The summed E-state index contributed by atoms with van der Waals surface area (Å²) in [5.41, 5.74) is -0.589. The van der Waals surface area contributed by atoms with Crippen LogP contribution < -0.4 is 10.4 Å². The zero-order chi connectivity index (χ0) is 26.9. The average Bonchev–Trinajstić information content (AvgIpc) is 3.15. The summed E-state index contributed by atoms with van der Waals surface area (Å²) in [6, 6.07) is 6.17. The molecule has 0 amide bonds. The van der Waals surface area contributed by atoms with Gasteiger partial charge in [0.05, 0.1) is 19.8 Å². The molecule has 2 saturated heterocycles. The third kappa shape index (κ3) is 5.72. The van der Waals surface area contributed by atoms with E-state index in [9.17, 15) is 35.4 Å². The summed E-state index contributed by atoms with van der Waals surface area (Å²) in [6.45, 7) is 1.97. The third-order valence-electron chi connectivity index (χ3n) is 6.47. The summed E-state index contributed by atoms with van der Waals surface area (Å²) in [4.78, 5) is 11.8. The lowest BCUT2D eigenvalue weighted by molar-refractivity contribution is -0.319. The molecule has 1 aromatic heterocycles. The largest absolute Gasteiger partial charge is 0.462 e. The number of aliphatic hydroxyl groups is 6. The molecular formula is C25H32O12. The molecule has 2 aliphatic heterocycles. The maximum Gasteiger partial charge on any atom is 0.336 e. The Morgan fingerprint density at radius 2 is 1.89 bits per heavy atom. The van der Waals surface area contributed by atoms with E-state index in [1.54, 1.807) is 12.1 Å². The summed E-state index contributed by atoms with van der Waals surface area (Å²) in [5.74, 6) is 0.220. The predicted molar refractivity (Wildman–Crippen MR) is 127 cm³/mol. The van der Waals surface area contributed by atoms with E-state index >= 15 is 0 Å². The van der Waals surface area contributed by atoms with Crippen molar-refractivity contribution < 1.29 is 54.0 Å². The third-order valence-corrected chi connectivity index (χ3v) is 6.47. The van der Waals surface area contributed by atoms with E-state index in [-0.39, 0.29) is 11.3 Å². The maximum atomic E-state index is 11.8. The molecule has 0 aliphatic carbocycles. The Kier molecular flexibility index (Phi) is 8.33. The van der Waals surface area contributed by atoms with Crippen molar-refractivity contribution in [2.75, 3.05) is 19.8 Å². The molecule has 1 aromatic carbocycles. The highest BCUT2D eigenvalue weighted by Crippen LogP contribution is 2.34. The number of fused-ring (bicyclic) bond motifs is 1. The maximum absolute atomic E-state index is 11.8. The highest BCUT2D eigenvalue weighted by atomic mass is 16.8. The van der Waals surface area contributed by atoms with Gasteiger partial charge in [-0.25, -0.2) is 4.79 Å². The molecule has 2 aromatic rings. The first-order chi connectivity index (χ1) is 17.6. The van der Waals surface area contributed by atoms with E-state index in [0.29, 0.717) is 17.4 Å². The minimum atomic E-state index is -1.98. The number of ether oxygens (including phenoxy) is 4. The summed E-state index contributed by atoms with van der Waals surface area (Å²) in [5, 5.41) is 61.6. The Hall–Kier alpha value is -2.39. The smallest absolute Gasteiger partial charge is 0.336 e. The molecule has 2 fully saturated rings. The van der Waals surface area contributed by atoms with Crippen LogP contribution in [-0.2, 0) is 20.6 Å². The first-order valence-corrected chi connectivity index (χ1v) is 11.8. The fraction of sp³-hybridized carbons (Fsp3) is 0.560. The Morgan fingerprint density at radius 1 is 1.14 bits per heavy atom. The molecule has 0 saturated carbocycles. The minimum absolute atomic E-state index is 0.220. The van der Waals surface area contributed by atoms with Crippen molar-refractivity contribution in [1.29, 1.82) is 0 Å². The van der Waals surface area contributed by atoms with Crippen LogP contribution in [0.3, 0.4) is 0 Å². The number of allylic oxidation sites excluding steroid dienone is 2. The number of hydrogen-bond acceptors (Lipinski definition) is 12. The van der Waals surface area contributed by atoms with E-state index in [1.807, 2.05) is 19.9 Å². The molecule has 0 radical (unpaired) electrons. The van der Waals surface area contributed by atoms with Crippen LogP contribution in [0.4, 0.5) is 0 Å². The lowest BCUT2D eigenvalue weighted by atomic mass is 9.98. The van der Waals surface area contributed by atoms with E-state index in [0.717, 1.165) is 5.57 Å². The monoisotopic (exact) mass is 524 g/mol. The molecule has 0 spiro atoms. The number of aliphatic hydroxyl groups excluding tert-OH is 5. The highest BCUT2D eigenvalue weighted by Gasteiger charge is 2.53. The Labute approximate surface area is 211 Å². The van der Waals surface area contributed by atoms with Crippen molar-refractivity contribution in [3.63, 3.8) is 0 Å². The van der Waals surface area contributed by atoms with Gasteiger partial charge in [-0.05, 0) is 38.0 Å². The molecule has 8 atom stereocenters. The number of benzene rings is 1. The lowest BCUT2D eigenvalue weighted by Crippen LogP contribution is -2.62. The van der Waals surface area contributed by atoms with Crippen molar-refractivity contribution in [2.24, 2.45) is 0 Å². The minimum Gasteiger partial charge on any atom is -0.462 e. The molecule has 2 aliphatic rings. The van der Waals surface area contributed by atoms with Crippen LogP contribution in [0, 0.1) is 0 Å². The van der Waals surface area contributed by atoms with Gasteiger partial charge >= 0.3 is 5.63 Å². The molecule has 0 unspecified atom stereocenters.